The Kier molecular flexibility index (Phi) is 5.92. The third-order valence-electron chi connectivity index (χ3n) is 3.51. The Balaban J connectivity index is 2.08. The van der Waals surface area contributed by atoms with Gasteiger partial charge in [-0.1, -0.05) is 48.3 Å². The van der Waals surface area contributed by atoms with Crippen molar-refractivity contribution in [1.29, 1.82) is 0 Å². The van der Waals surface area contributed by atoms with Crippen molar-refractivity contribution in [2.24, 2.45) is 0 Å². The highest BCUT2D eigenvalue weighted by Crippen LogP contribution is 2.26. The number of hydrogen-bond donors (Lipinski definition) is 1. The van der Waals surface area contributed by atoms with Crippen LogP contribution in [0.3, 0.4) is 0 Å². The van der Waals surface area contributed by atoms with Crippen molar-refractivity contribution < 1.29 is 4.74 Å². The number of ether oxygens (including phenoxy) is 1. The molecule has 0 aromatic heterocycles. The molecular weight excluding hydrogens is 305 g/mol. The van der Waals surface area contributed by atoms with Gasteiger partial charge in [-0.15, -0.1) is 0 Å². The van der Waals surface area contributed by atoms with Crippen LogP contribution in [0.25, 0.3) is 0 Å². The van der Waals surface area contributed by atoms with Gasteiger partial charge in [0.2, 0.25) is 0 Å². The molecule has 0 aliphatic rings. The normalized spacial score (nSPS) is 12.2. The van der Waals surface area contributed by atoms with E-state index in [-0.39, 0.29) is 6.04 Å². The average Bonchev–Trinajstić information content (AvgIpc) is 2.51. The summed E-state index contributed by atoms with van der Waals surface area (Å²) < 4.78 is 5.19. The fourth-order valence-corrected chi connectivity index (χ4v) is 2.79. The van der Waals surface area contributed by atoms with E-state index in [0.29, 0.717) is 16.6 Å². The van der Waals surface area contributed by atoms with Crippen LogP contribution in [0.1, 0.15) is 30.5 Å². The van der Waals surface area contributed by atoms with E-state index in [1.54, 1.807) is 7.11 Å². The molecule has 1 atom stereocenters. The highest BCUT2D eigenvalue weighted by molar-refractivity contribution is 6.35. The Bertz CT molecular complexity index is 564. The lowest BCUT2D eigenvalue weighted by Gasteiger charge is -2.19. The first-order valence-electron chi connectivity index (χ1n) is 6.96. The molecule has 0 saturated carbocycles. The lowest BCUT2D eigenvalue weighted by atomic mass is 10.0. The standard InChI is InChI=1S/C17H19Cl2NO/c1-3-17(12-7-9-13(21-2)10-8-12)20-11-14-15(18)5-4-6-16(14)19/h4-10,17,20H,3,11H2,1-2H3. The molecule has 2 nitrogen and oxygen atoms in total. The second-order valence-corrected chi connectivity index (χ2v) is 5.63. The first kappa shape index (κ1) is 16.2. The molecule has 0 heterocycles. The summed E-state index contributed by atoms with van der Waals surface area (Å²) in [5.74, 6) is 0.864. The lowest BCUT2D eigenvalue weighted by molar-refractivity contribution is 0.414. The predicted molar refractivity (Wildman–Crippen MR) is 89.3 cm³/mol. The van der Waals surface area contributed by atoms with Gasteiger partial charge in [-0.3, -0.25) is 0 Å². The number of methoxy groups -OCH3 is 1. The van der Waals surface area contributed by atoms with E-state index in [1.807, 2.05) is 30.3 Å². The van der Waals surface area contributed by atoms with E-state index in [9.17, 15) is 0 Å². The first-order chi connectivity index (χ1) is 10.2. The highest BCUT2D eigenvalue weighted by atomic mass is 35.5. The largest absolute Gasteiger partial charge is 0.497 e. The molecule has 0 amide bonds. The van der Waals surface area contributed by atoms with Crippen LogP contribution in [0.5, 0.6) is 5.75 Å². The van der Waals surface area contributed by atoms with Crippen molar-refractivity contribution in [3.8, 4) is 5.75 Å². The third-order valence-corrected chi connectivity index (χ3v) is 4.22. The highest BCUT2D eigenvalue weighted by Gasteiger charge is 2.11. The summed E-state index contributed by atoms with van der Waals surface area (Å²) in [5.41, 5.74) is 2.16. The molecule has 0 radical (unpaired) electrons. The number of hydrogen-bond acceptors (Lipinski definition) is 2. The molecule has 1 unspecified atom stereocenters. The summed E-state index contributed by atoms with van der Waals surface area (Å²) in [4.78, 5) is 0. The van der Waals surface area contributed by atoms with Gasteiger partial charge in [-0.25, -0.2) is 0 Å². The van der Waals surface area contributed by atoms with Gasteiger partial charge in [-0.05, 0) is 36.2 Å². The Morgan fingerprint density at radius 3 is 2.19 bits per heavy atom. The Labute approximate surface area is 136 Å². The Morgan fingerprint density at radius 1 is 1.05 bits per heavy atom. The molecular formula is C17H19Cl2NO. The number of rotatable bonds is 6. The lowest BCUT2D eigenvalue weighted by Crippen LogP contribution is -2.20. The molecule has 2 aromatic rings. The van der Waals surface area contributed by atoms with Gasteiger partial charge in [0.1, 0.15) is 5.75 Å². The van der Waals surface area contributed by atoms with Gasteiger partial charge in [-0.2, -0.15) is 0 Å². The Morgan fingerprint density at radius 2 is 1.67 bits per heavy atom. The second-order valence-electron chi connectivity index (χ2n) is 4.82. The predicted octanol–water partition coefficient (Wildman–Crippen LogP) is 5.24. The Hall–Kier alpha value is -1.22. The number of benzene rings is 2. The summed E-state index contributed by atoms with van der Waals surface area (Å²) >= 11 is 12.4. The molecule has 0 aliphatic heterocycles. The molecule has 0 spiro atoms. The minimum atomic E-state index is 0.253. The summed E-state index contributed by atoms with van der Waals surface area (Å²) in [7, 11) is 1.67. The van der Waals surface area contributed by atoms with Crippen molar-refractivity contribution in [3.63, 3.8) is 0 Å². The SMILES string of the molecule is CCC(NCc1c(Cl)cccc1Cl)c1ccc(OC)cc1. The van der Waals surface area contributed by atoms with Crippen LogP contribution < -0.4 is 10.1 Å². The molecule has 0 fully saturated rings. The molecule has 0 bridgehead atoms. The number of halogens is 2. The zero-order chi connectivity index (χ0) is 15.2. The van der Waals surface area contributed by atoms with E-state index >= 15 is 0 Å². The van der Waals surface area contributed by atoms with E-state index in [1.165, 1.54) is 5.56 Å². The fraction of sp³-hybridized carbons (Fsp3) is 0.294. The monoisotopic (exact) mass is 323 g/mol. The molecule has 21 heavy (non-hydrogen) atoms. The van der Waals surface area contributed by atoms with Crippen molar-refractivity contribution in [2.75, 3.05) is 7.11 Å². The van der Waals surface area contributed by atoms with Crippen molar-refractivity contribution in [2.45, 2.75) is 25.9 Å². The molecule has 4 heteroatoms. The van der Waals surface area contributed by atoms with Crippen LogP contribution >= 0.6 is 23.2 Å². The van der Waals surface area contributed by atoms with Crippen LogP contribution in [0.15, 0.2) is 42.5 Å². The molecule has 0 aliphatic carbocycles. The van der Waals surface area contributed by atoms with Crippen molar-refractivity contribution in [1.82, 2.24) is 5.32 Å². The number of nitrogens with one attached hydrogen (secondary N) is 1. The van der Waals surface area contributed by atoms with Crippen molar-refractivity contribution in [3.05, 3.63) is 63.6 Å². The van der Waals surface area contributed by atoms with Gasteiger partial charge < -0.3 is 10.1 Å². The van der Waals surface area contributed by atoms with Gasteiger partial charge in [0.05, 0.1) is 7.11 Å². The summed E-state index contributed by atoms with van der Waals surface area (Å²) in [6.07, 6.45) is 0.981. The zero-order valence-corrected chi connectivity index (χ0v) is 13.7. The second kappa shape index (κ2) is 7.69. The van der Waals surface area contributed by atoms with Crippen LogP contribution in [0, 0.1) is 0 Å². The van der Waals surface area contributed by atoms with Gasteiger partial charge in [0, 0.05) is 28.2 Å². The topological polar surface area (TPSA) is 21.3 Å². The van der Waals surface area contributed by atoms with Gasteiger partial charge in [0.25, 0.3) is 0 Å². The quantitative estimate of drug-likeness (QED) is 0.784. The van der Waals surface area contributed by atoms with Crippen LogP contribution in [-0.4, -0.2) is 7.11 Å². The maximum Gasteiger partial charge on any atom is 0.118 e. The third kappa shape index (κ3) is 4.13. The average molecular weight is 324 g/mol. The van der Waals surface area contributed by atoms with Gasteiger partial charge in [0.15, 0.2) is 0 Å². The zero-order valence-electron chi connectivity index (χ0n) is 12.2. The van der Waals surface area contributed by atoms with Crippen molar-refractivity contribution >= 4 is 23.2 Å². The maximum absolute atomic E-state index is 6.20. The van der Waals surface area contributed by atoms with Crippen LogP contribution in [-0.2, 0) is 6.54 Å². The minimum Gasteiger partial charge on any atom is -0.497 e. The minimum absolute atomic E-state index is 0.253. The van der Waals surface area contributed by atoms with Crippen LogP contribution in [0.4, 0.5) is 0 Å². The fourth-order valence-electron chi connectivity index (χ4n) is 2.26. The smallest absolute Gasteiger partial charge is 0.118 e. The summed E-state index contributed by atoms with van der Waals surface area (Å²) in [6, 6.07) is 13.9. The molecule has 0 saturated heterocycles. The van der Waals surface area contributed by atoms with E-state index in [0.717, 1.165) is 17.7 Å². The molecule has 2 rings (SSSR count). The summed E-state index contributed by atoms with van der Waals surface area (Å²) in [6.45, 7) is 2.79. The molecule has 112 valence electrons. The maximum atomic E-state index is 6.20. The van der Waals surface area contributed by atoms with E-state index in [2.05, 4.69) is 24.4 Å². The van der Waals surface area contributed by atoms with Gasteiger partial charge >= 0.3 is 0 Å². The van der Waals surface area contributed by atoms with E-state index in [4.69, 9.17) is 27.9 Å². The van der Waals surface area contributed by atoms with E-state index < -0.39 is 0 Å². The summed E-state index contributed by atoms with van der Waals surface area (Å²) in [5, 5.41) is 4.90. The molecule has 1 N–H and O–H groups in total. The van der Waals surface area contributed by atoms with Crippen LogP contribution in [0.2, 0.25) is 10.0 Å². The molecule has 2 aromatic carbocycles. The first-order valence-corrected chi connectivity index (χ1v) is 7.71.